The average Bonchev–Trinajstić information content (AvgIpc) is 3.46. The van der Waals surface area contributed by atoms with Gasteiger partial charge in [-0.2, -0.15) is 0 Å². The monoisotopic (exact) mass is 481 g/mol. The third-order valence-corrected chi connectivity index (χ3v) is 10.6. The average molecular weight is 482 g/mol. The Balaban J connectivity index is 1.87. The highest BCUT2D eigenvalue weighted by molar-refractivity contribution is 8.18. The van der Waals surface area contributed by atoms with Crippen molar-refractivity contribution in [2.45, 2.75) is 29.4 Å². The van der Waals surface area contributed by atoms with Crippen LogP contribution in [0.25, 0.3) is 10.9 Å². The largest absolute Gasteiger partial charge is 0.358 e. The van der Waals surface area contributed by atoms with Gasteiger partial charge in [-0.25, -0.2) is 8.42 Å². The Labute approximate surface area is 186 Å². The van der Waals surface area contributed by atoms with E-state index < -0.39 is 20.5 Å². The maximum absolute atomic E-state index is 12.9. The molecule has 3 aromatic rings. The number of thiophene rings is 1. The molecular weight excluding hydrogens is 459 g/mol. The Hall–Kier alpha value is -1.59. The third kappa shape index (κ3) is 4.24. The van der Waals surface area contributed by atoms with E-state index in [1.54, 1.807) is 42.2 Å². The van der Waals surface area contributed by atoms with Crippen LogP contribution < -0.4 is 4.72 Å². The Kier molecular flexibility index (Phi) is 6.40. The first kappa shape index (κ1) is 21.6. The molecule has 1 aromatic carbocycles. The molecule has 2 aromatic heterocycles. The van der Waals surface area contributed by atoms with Crippen molar-refractivity contribution in [3.05, 3.63) is 41.4 Å². The number of aliphatic imine (C=N–C) groups is 1. The molecule has 30 heavy (non-hydrogen) atoms. The predicted octanol–water partition coefficient (Wildman–Crippen LogP) is 5.27. The van der Waals surface area contributed by atoms with Gasteiger partial charge in [-0.3, -0.25) is 4.99 Å². The smallest absolute Gasteiger partial charge is 0.179 e. The number of aromatic amines is 1. The van der Waals surface area contributed by atoms with E-state index in [0.29, 0.717) is 22.2 Å². The van der Waals surface area contributed by atoms with E-state index in [1.165, 1.54) is 0 Å². The molecule has 10 heteroatoms. The van der Waals surface area contributed by atoms with Crippen LogP contribution in [-0.4, -0.2) is 46.7 Å². The van der Waals surface area contributed by atoms with Crippen molar-refractivity contribution in [3.63, 3.8) is 0 Å². The fourth-order valence-corrected chi connectivity index (χ4v) is 8.28. The molecule has 3 N–H and O–H groups in total. The SMILES string of the molecule is CCCS(=O)(=O)c1ccc(N/S(=C(/C)O)c2cccs2)c2[nH]c(C3=NCCS3)cc12. The van der Waals surface area contributed by atoms with Gasteiger partial charge in [-0.05, 0) is 53.7 Å². The molecule has 0 saturated carbocycles. The van der Waals surface area contributed by atoms with Gasteiger partial charge in [0.15, 0.2) is 9.84 Å². The fourth-order valence-electron chi connectivity index (χ4n) is 3.30. The third-order valence-electron chi connectivity index (χ3n) is 4.58. The van der Waals surface area contributed by atoms with Crippen molar-refractivity contribution < 1.29 is 13.5 Å². The highest BCUT2D eigenvalue weighted by Crippen LogP contribution is 2.38. The topological polar surface area (TPSA) is 94.5 Å². The van der Waals surface area contributed by atoms with E-state index in [4.69, 9.17) is 0 Å². The summed E-state index contributed by atoms with van der Waals surface area (Å²) in [7, 11) is -4.10. The van der Waals surface area contributed by atoms with Crippen LogP contribution >= 0.6 is 33.8 Å². The Morgan fingerprint density at radius 3 is 2.83 bits per heavy atom. The number of hydrogen-bond acceptors (Lipinski definition) is 6. The van der Waals surface area contributed by atoms with Crippen LogP contribution in [0.15, 0.2) is 49.8 Å². The number of anilines is 1. The molecule has 0 spiro atoms. The van der Waals surface area contributed by atoms with Crippen LogP contribution in [0.4, 0.5) is 5.69 Å². The van der Waals surface area contributed by atoms with E-state index >= 15 is 0 Å². The number of aliphatic hydroxyl groups excluding tert-OH is 1. The number of H-pyrrole nitrogens is 1. The molecule has 3 heterocycles. The first-order valence-electron chi connectivity index (χ1n) is 9.54. The lowest BCUT2D eigenvalue weighted by molar-refractivity contribution is 0.564. The molecule has 1 atom stereocenters. The Bertz CT molecular complexity index is 1240. The summed E-state index contributed by atoms with van der Waals surface area (Å²) in [4.78, 5) is 8.25. The van der Waals surface area contributed by atoms with Gasteiger partial charge in [0.25, 0.3) is 0 Å². The lowest BCUT2D eigenvalue weighted by Gasteiger charge is -2.14. The zero-order valence-corrected chi connectivity index (χ0v) is 19.9. The highest BCUT2D eigenvalue weighted by Gasteiger charge is 2.22. The standard InChI is InChI=1S/C20H23N3O3S4/c1-3-11-30(25,26)17-7-6-15(23-29(13(2)24)18-5-4-9-27-18)19-14(17)12-16(22-19)20-21-8-10-28-20/h4-7,9,12,22-24H,3,8,10-11H2,1-2H3. The van der Waals surface area contributed by atoms with Crippen LogP contribution in [0.1, 0.15) is 26.0 Å². The predicted molar refractivity (Wildman–Crippen MR) is 132 cm³/mol. The van der Waals surface area contributed by atoms with Gasteiger partial charge in [0.2, 0.25) is 0 Å². The summed E-state index contributed by atoms with van der Waals surface area (Å²) in [6.07, 6.45) is 0.560. The number of nitrogens with one attached hydrogen (secondary N) is 2. The normalized spacial score (nSPS) is 16.0. The fraction of sp³-hybridized carbons (Fsp3) is 0.300. The number of thioether (sulfide) groups is 1. The number of nitrogens with zero attached hydrogens (tertiary/aromatic N) is 1. The van der Waals surface area contributed by atoms with Crippen molar-refractivity contribution in [2.24, 2.45) is 4.99 Å². The van der Waals surface area contributed by atoms with Crippen molar-refractivity contribution >= 4 is 70.3 Å². The molecule has 1 aliphatic rings. The molecule has 6 nitrogen and oxygen atoms in total. The highest BCUT2D eigenvalue weighted by atomic mass is 32.2. The summed E-state index contributed by atoms with van der Waals surface area (Å²) in [5.74, 6) is 1.03. The number of fused-ring (bicyclic) bond motifs is 1. The molecule has 0 amide bonds. The van der Waals surface area contributed by atoms with Gasteiger partial charge < -0.3 is 14.8 Å². The van der Waals surface area contributed by atoms with Gasteiger partial charge in [0.1, 0.15) is 5.04 Å². The van der Waals surface area contributed by atoms with E-state index in [-0.39, 0.29) is 10.8 Å². The summed E-state index contributed by atoms with van der Waals surface area (Å²) < 4.78 is 30.2. The molecule has 1 aliphatic heterocycles. The van der Waals surface area contributed by atoms with Crippen LogP contribution in [0, 0.1) is 0 Å². The quantitative estimate of drug-likeness (QED) is 0.400. The minimum Gasteiger partial charge on any atom is -0.358 e. The van der Waals surface area contributed by atoms with E-state index in [0.717, 1.165) is 32.9 Å². The second kappa shape index (κ2) is 8.88. The Morgan fingerprint density at radius 2 is 2.20 bits per heavy atom. The molecule has 0 radical (unpaired) electrons. The van der Waals surface area contributed by atoms with Crippen LogP contribution in [0.2, 0.25) is 0 Å². The summed E-state index contributed by atoms with van der Waals surface area (Å²) in [6.45, 7) is 4.31. The second-order valence-corrected chi connectivity index (χ2v) is 13.0. The number of aliphatic hydroxyl groups is 1. The number of rotatable bonds is 7. The first-order chi connectivity index (χ1) is 14.4. The molecule has 0 aliphatic carbocycles. The number of hydrogen-bond donors (Lipinski definition) is 3. The molecule has 1 unspecified atom stereocenters. The van der Waals surface area contributed by atoms with Gasteiger partial charge in [0.05, 0.1) is 36.8 Å². The zero-order chi connectivity index (χ0) is 21.3. The van der Waals surface area contributed by atoms with E-state index in [9.17, 15) is 13.5 Å². The molecule has 0 saturated heterocycles. The first-order valence-corrected chi connectivity index (χ1v) is 14.3. The lowest BCUT2D eigenvalue weighted by atomic mass is 10.2. The van der Waals surface area contributed by atoms with Crippen LogP contribution in [0.5, 0.6) is 0 Å². The number of sulfone groups is 1. The van der Waals surface area contributed by atoms with Crippen LogP contribution in [-0.2, 0) is 9.84 Å². The van der Waals surface area contributed by atoms with Gasteiger partial charge >= 0.3 is 0 Å². The van der Waals surface area contributed by atoms with Crippen molar-refractivity contribution in [1.29, 1.82) is 0 Å². The Morgan fingerprint density at radius 1 is 1.37 bits per heavy atom. The van der Waals surface area contributed by atoms with Crippen molar-refractivity contribution in [2.75, 3.05) is 22.8 Å². The van der Waals surface area contributed by atoms with Gasteiger partial charge in [-0.1, -0.05) is 13.0 Å². The summed E-state index contributed by atoms with van der Waals surface area (Å²) in [5, 5.41) is 14.1. The maximum atomic E-state index is 12.9. The zero-order valence-electron chi connectivity index (χ0n) is 16.6. The van der Waals surface area contributed by atoms with E-state index in [1.807, 2.05) is 30.5 Å². The summed E-state index contributed by atoms with van der Waals surface area (Å²) in [5.41, 5.74) is 2.29. The molecule has 0 fully saturated rings. The molecule has 160 valence electrons. The lowest BCUT2D eigenvalue weighted by Crippen LogP contribution is -2.07. The molecule has 0 bridgehead atoms. The minimum atomic E-state index is -3.40. The van der Waals surface area contributed by atoms with Crippen molar-refractivity contribution in [3.8, 4) is 0 Å². The van der Waals surface area contributed by atoms with Crippen molar-refractivity contribution in [1.82, 2.24) is 4.98 Å². The van der Waals surface area contributed by atoms with Crippen LogP contribution in [0.3, 0.4) is 0 Å². The maximum Gasteiger partial charge on any atom is 0.179 e. The second-order valence-electron chi connectivity index (χ2n) is 6.80. The summed E-state index contributed by atoms with van der Waals surface area (Å²) >= 11 is 3.23. The van der Waals surface area contributed by atoms with E-state index in [2.05, 4.69) is 14.7 Å². The van der Waals surface area contributed by atoms with Gasteiger partial charge in [0, 0.05) is 17.7 Å². The molecule has 4 rings (SSSR count). The van der Waals surface area contributed by atoms with Gasteiger partial charge in [-0.15, -0.1) is 23.1 Å². The number of benzene rings is 1. The molecular formula is C20H23N3O3S4. The number of aromatic nitrogens is 1. The summed E-state index contributed by atoms with van der Waals surface area (Å²) in [6, 6.07) is 9.26. The minimum absolute atomic E-state index is 0.105.